The Labute approximate surface area is 321 Å². The molecule has 2 unspecified atom stereocenters. The lowest BCUT2D eigenvalue weighted by atomic mass is 9.99. The summed E-state index contributed by atoms with van der Waals surface area (Å²) in [5.41, 5.74) is 0. The number of rotatable bonds is 34. The van der Waals surface area contributed by atoms with Crippen molar-refractivity contribution in [3.8, 4) is 0 Å². The molecule has 1 fully saturated rings. The van der Waals surface area contributed by atoms with Gasteiger partial charge in [-0.25, -0.2) is 0 Å². The number of esters is 2. The van der Waals surface area contributed by atoms with E-state index in [-0.39, 0.29) is 26.1 Å². The van der Waals surface area contributed by atoms with E-state index in [0.717, 1.165) is 64.2 Å². The molecule has 1 saturated heterocycles. The molecule has 0 amide bonds. The molecule has 0 spiro atoms. The maximum atomic E-state index is 12.7. The van der Waals surface area contributed by atoms with E-state index in [1.54, 1.807) is 0 Å². The largest absolute Gasteiger partial charge is 0.462 e. The Kier molecular flexibility index (Phi) is 31.8. The molecule has 10 heteroatoms. The normalized spacial score (nSPS) is 21.2. The molecular formula is C43H76O10. The first-order valence-electron chi connectivity index (χ1n) is 21.1. The number of aliphatic hydroxyl groups excluding tert-OH is 4. The van der Waals surface area contributed by atoms with Crippen LogP contribution in [0.1, 0.15) is 168 Å². The Morgan fingerprint density at radius 2 is 1.06 bits per heavy atom. The minimum atomic E-state index is -1.60. The second-order valence-electron chi connectivity index (χ2n) is 14.5. The van der Waals surface area contributed by atoms with Gasteiger partial charge in [0, 0.05) is 12.8 Å². The number of aliphatic hydroxyl groups is 4. The summed E-state index contributed by atoms with van der Waals surface area (Å²) in [4.78, 5) is 25.2. The third kappa shape index (κ3) is 26.4. The van der Waals surface area contributed by atoms with Crippen LogP contribution in [0.2, 0.25) is 0 Å². The molecule has 0 aromatic rings. The van der Waals surface area contributed by atoms with Crippen LogP contribution in [0.15, 0.2) is 36.5 Å². The molecule has 6 atom stereocenters. The van der Waals surface area contributed by atoms with Gasteiger partial charge in [-0.05, 0) is 64.2 Å². The quantitative estimate of drug-likeness (QED) is 0.0219. The fourth-order valence-corrected chi connectivity index (χ4v) is 6.11. The zero-order valence-electron chi connectivity index (χ0n) is 33.3. The minimum absolute atomic E-state index is 0.209. The van der Waals surface area contributed by atoms with Crippen molar-refractivity contribution >= 4 is 11.9 Å². The molecule has 308 valence electrons. The summed E-state index contributed by atoms with van der Waals surface area (Å²) in [7, 11) is 0. The molecule has 53 heavy (non-hydrogen) atoms. The maximum absolute atomic E-state index is 12.7. The number of unbranched alkanes of at least 4 members (excludes halogenated alkanes) is 18. The number of carbonyl (C=O) groups is 2. The number of hydrogen-bond acceptors (Lipinski definition) is 10. The lowest BCUT2D eigenvalue weighted by Gasteiger charge is -2.39. The first-order valence-corrected chi connectivity index (χ1v) is 21.1. The van der Waals surface area contributed by atoms with Crippen molar-refractivity contribution < 1.29 is 49.0 Å². The smallest absolute Gasteiger partial charge is 0.306 e. The lowest BCUT2D eigenvalue weighted by Crippen LogP contribution is -2.59. The van der Waals surface area contributed by atoms with Crippen molar-refractivity contribution in [2.45, 2.75) is 205 Å². The highest BCUT2D eigenvalue weighted by Gasteiger charge is 2.44. The molecule has 0 aliphatic carbocycles. The topological polar surface area (TPSA) is 152 Å². The molecule has 0 aromatic carbocycles. The van der Waals surface area contributed by atoms with Gasteiger partial charge in [0.15, 0.2) is 12.4 Å². The van der Waals surface area contributed by atoms with Crippen LogP contribution in [-0.4, -0.2) is 89.0 Å². The highest BCUT2D eigenvalue weighted by atomic mass is 16.7. The lowest BCUT2D eigenvalue weighted by molar-refractivity contribution is -0.305. The average molecular weight is 753 g/mol. The zero-order valence-corrected chi connectivity index (χ0v) is 33.3. The standard InChI is InChI=1S/C43H76O10/c1-3-5-7-9-11-13-15-17-18-20-22-24-26-28-30-32-39(46)52-36(35-51-43-42(49)41(48)40(47)37(33-44)53-43)34-50-38(45)31-29-27-25-23-21-19-16-14-12-10-8-6-4-2/h13,15,17-19,21,36-37,40-44,47-49H,3-12,14,16,20,22-35H2,1-2H3/b15-13+,18-17+,21-19+/t36-,37-,40+,41?,42?,43-/m1/s1. The molecule has 0 bridgehead atoms. The van der Waals surface area contributed by atoms with Crippen LogP contribution in [0, 0.1) is 0 Å². The second-order valence-corrected chi connectivity index (χ2v) is 14.5. The van der Waals surface area contributed by atoms with Gasteiger partial charge in [0.1, 0.15) is 31.0 Å². The van der Waals surface area contributed by atoms with Crippen molar-refractivity contribution in [3.63, 3.8) is 0 Å². The molecule has 0 radical (unpaired) electrons. The molecule has 4 N–H and O–H groups in total. The number of allylic oxidation sites excluding steroid dienone is 6. The van der Waals surface area contributed by atoms with Crippen LogP contribution >= 0.6 is 0 Å². The Bertz CT molecular complexity index is 965. The summed E-state index contributed by atoms with van der Waals surface area (Å²) < 4.78 is 22.1. The summed E-state index contributed by atoms with van der Waals surface area (Å²) in [5, 5.41) is 40.0. The van der Waals surface area contributed by atoms with Gasteiger partial charge in [0.05, 0.1) is 13.2 Å². The van der Waals surface area contributed by atoms with Crippen molar-refractivity contribution in [2.75, 3.05) is 19.8 Å². The van der Waals surface area contributed by atoms with E-state index in [0.29, 0.717) is 12.8 Å². The van der Waals surface area contributed by atoms with Crippen LogP contribution in [-0.2, 0) is 28.5 Å². The minimum Gasteiger partial charge on any atom is -0.462 e. The van der Waals surface area contributed by atoms with Crippen LogP contribution in [0.5, 0.6) is 0 Å². The molecule has 1 rings (SSSR count). The Hall–Kier alpha value is -2.08. The monoisotopic (exact) mass is 753 g/mol. The predicted molar refractivity (Wildman–Crippen MR) is 210 cm³/mol. The molecule has 10 nitrogen and oxygen atoms in total. The fraction of sp³-hybridized carbons (Fsp3) is 0.814. The summed E-state index contributed by atoms with van der Waals surface area (Å²) >= 11 is 0. The summed E-state index contributed by atoms with van der Waals surface area (Å²) in [6.45, 7) is 3.35. The number of ether oxygens (including phenoxy) is 4. The van der Waals surface area contributed by atoms with Gasteiger partial charge in [0.2, 0.25) is 0 Å². The maximum Gasteiger partial charge on any atom is 0.306 e. The molecular weight excluding hydrogens is 676 g/mol. The van der Waals surface area contributed by atoms with E-state index in [1.807, 2.05) is 0 Å². The van der Waals surface area contributed by atoms with Crippen molar-refractivity contribution in [1.29, 1.82) is 0 Å². The van der Waals surface area contributed by atoms with Crippen LogP contribution < -0.4 is 0 Å². The first-order chi connectivity index (χ1) is 25.8. The summed E-state index contributed by atoms with van der Waals surface area (Å²) in [6.07, 6.45) is 30.1. The summed E-state index contributed by atoms with van der Waals surface area (Å²) in [6, 6.07) is 0. The predicted octanol–water partition coefficient (Wildman–Crippen LogP) is 8.33. The van der Waals surface area contributed by atoms with Gasteiger partial charge in [-0.3, -0.25) is 9.59 Å². The second kappa shape index (κ2) is 34.4. The van der Waals surface area contributed by atoms with Crippen LogP contribution in [0.4, 0.5) is 0 Å². The van der Waals surface area contributed by atoms with Crippen molar-refractivity contribution in [3.05, 3.63) is 36.5 Å². The van der Waals surface area contributed by atoms with Gasteiger partial charge in [-0.15, -0.1) is 0 Å². The first kappa shape index (κ1) is 48.9. The van der Waals surface area contributed by atoms with Crippen molar-refractivity contribution in [1.82, 2.24) is 0 Å². The molecule has 0 aromatic heterocycles. The SMILES string of the molecule is CCCCCC/C=C/C=C/CCCCCCCC(=O)O[C@H](COC(=O)CCCCC/C=C/CCCCCCCC)CO[C@@H]1O[C@H](CO)[C@H](O)C(O)C1O. The molecule has 1 aliphatic heterocycles. The van der Waals surface area contributed by atoms with Crippen LogP contribution in [0.3, 0.4) is 0 Å². The zero-order chi connectivity index (χ0) is 38.8. The van der Waals surface area contributed by atoms with Gasteiger partial charge in [-0.1, -0.05) is 127 Å². The van der Waals surface area contributed by atoms with E-state index in [9.17, 15) is 30.0 Å². The fourth-order valence-electron chi connectivity index (χ4n) is 6.11. The highest BCUT2D eigenvalue weighted by Crippen LogP contribution is 2.22. The molecule has 0 saturated carbocycles. The third-order valence-corrected chi connectivity index (χ3v) is 9.53. The van der Waals surface area contributed by atoms with Gasteiger partial charge in [-0.2, -0.15) is 0 Å². The van der Waals surface area contributed by atoms with Crippen molar-refractivity contribution in [2.24, 2.45) is 0 Å². The summed E-state index contributed by atoms with van der Waals surface area (Å²) in [5.74, 6) is -0.844. The number of carbonyl (C=O) groups excluding carboxylic acids is 2. The van der Waals surface area contributed by atoms with E-state index in [2.05, 4.69) is 50.3 Å². The Morgan fingerprint density at radius 1 is 0.585 bits per heavy atom. The highest BCUT2D eigenvalue weighted by molar-refractivity contribution is 5.70. The molecule has 1 aliphatic rings. The van der Waals surface area contributed by atoms with Gasteiger partial charge >= 0.3 is 11.9 Å². The van der Waals surface area contributed by atoms with E-state index < -0.39 is 55.4 Å². The third-order valence-electron chi connectivity index (χ3n) is 9.53. The van der Waals surface area contributed by atoms with E-state index >= 15 is 0 Å². The number of hydrogen-bond donors (Lipinski definition) is 4. The average Bonchev–Trinajstić information content (AvgIpc) is 3.15. The Balaban J connectivity index is 2.39. The van der Waals surface area contributed by atoms with E-state index in [1.165, 1.54) is 64.2 Å². The van der Waals surface area contributed by atoms with E-state index in [4.69, 9.17) is 18.9 Å². The Morgan fingerprint density at radius 3 is 1.62 bits per heavy atom. The molecule has 1 heterocycles. The van der Waals surface area contributed by atoms with Crippen LogP contribution in [0.25, 0.3) is 0 Å². The van der Waals surface area contributed by atoms with Gasteiger partial charge in [0.25, 0.3) is 0 Å². The van der Waals surface area contributed by atoms with Gasteiger partial charge < -0.3 is 39.4 Å².